The number of ketones is 1. The highest BCUT2D eigenvalue weighted by atomic mass is 16.5. The van der Waals surface area contributed by atoms with Crippen LogP contribution in [0.3, 0.4) is 0 Å². The minimum atomic E-state index is -1.17. The molecule has 5 heteroatoms. The maximum atomic E-state index is 14.0. The summed E-state index contributed by atoms with van der Waals surface area (Å²) in [5.41, 5.74) is 3.01. The van der Waals surface area contributed by atoms with Gasteiger partial charge in [-0.25, -0.2) is 4.90 Å². The van der Waals surface area contributed by atoms with Crippen LogP contribution in [0.1, 0.15) is 42.0 Å². The van der Waals surface area contributed by atoms with E-state index in [4.69, 9.17) is 4.74 Å². The Labute approximate surface area is 192 Å². The first kappa shape index (κ1) is 19.9. The van der Waals surface area contributed by atoms with Gasteiger partial charge in [0.15, 0.2) is 0 Å². The number of benzene rings is 3. The molecule has 0 spiro atoms. The molecule has 3 aliphatic carbocycles. The first-order valence-corrected chi connectivity index (χ1v) is 11.3. The summed E-state index contributed by atoms with van der Waals surface area (Å²) in [5.74, 6) is -1.61. The quantitative estimate of drug-likeness (QED) is 0.573. The van der Waals surface area contributed by atoms with E-state index in [0.717, 1.165) is 22.3 Å². The number of anilines is 1. The van der Waals surface area contributed by atoms with E-state index < -0.39 is 17.3 Å². The molecular formula is C28H23NO4. The zero-order valence-electron chi connectivity index (χ0n) is 18.4. The summed E-state index contributed by atoms with van der Waals surface area (Å²) in [6, 6.07) is 22.6. The number of imide groups is 1. The number of ether oxygens (including phenoxy) is 1. The molecule has 3 aromatic rings. The van der Waals surface area contributed by atoms with Gasteiger partial charge in [-0.2, -0.15) is 0 Å². The third-order valence-corrected chi connectivity index (χ3v) is 7.58. The zero-order valence-corrected chi connectivity index (χ0v) is 18.4. The summed E-state index contributed by atoms with van der Waals surface area (Å²) < 4.78 is 5.51. The van der Waals surface area contributed by atoms with E-state index in [2.05, 4.69) is 0 Å². The van der Waals surface area contributed by atoms with E-state index in [0.29, 0.717) is 18.0 Å². The molecular weight excluding hydrogens is 414 g/mol. The summed E-state index contributed by atoms with van der Waals surface area (Å²) in [4.78, 5) is 42.7. The Hall–Kier alpha value is -3.73. The second-order valence-corrected chi connectivity index (χ2v) is 8.96. The minimum Gasteiger partial charge on any atom is -0.494 e. The van der Waals surface area contributed by atoms with Gasteiger partial charge < -0.3 is 4.74 Å². The Kier molecular flexibility index (Phi) is 4.15. The van der Waals surface area contributed by atoms with Crippen molar-refractivity contribution in [3.63, 3.8) is 0 Å². The van der Waals surface area contributed by atoms with Crippen molar-refractivity contribution in [2.45, 2.75) is 25.2 Å². The predicted molar refractivity (Wildman–Crippen MR) is 123 cm³/mol. The molecule has 2 atom stereocenters. The molecule has 7 rings (SSSR count). The number of nitrogens with zero attached hydrogens (tertiary/aromatic N) is 1. The molecule has 5 nitrogen and oxygen atoms in total. The second kappa shape index (κ2) is 6.88. The average molecular weight is 437 g/mol. The van der Waals surface area contributed by atoms with Crippen LogP contribution in [-0.4, -0.2) is 24.2 Å². The monoisotopic (exact) mass is 437 g/mol. The van der Waals surface area contributed by atoms with E-state index in [1.807, 2.05) is 55.5 Å². The molecule has 33 heavy (non-hydrogen) atoms. The third kappa shape index (κ3) is 2.34. The average Bonchev–Trinajstić information content (AvgIpc) is 3.10. The van der Waals surface area contributed by atoms with Crippen molar-refractivity contribution >= 4 is 23.3 Å². The van der Waals surface area contributed by atoms with Crippen LogP contribution in [0, 0.1) is 11.8 Å². The smallest absolute Gasteiger partial charge is 0.239 e. The van der Waals surface area contributed by atoms with Crippen LogP contribution < -0.4 is 9.64 Å². The van der Waals surface area contributed by atoms with Crippen LogP contribution in [0.4, 0.5) is 5.69 Å². The van der Waals surface area contributed by atoms with Gasteiger partial charge in [0.25, 0.3) is 0 Å². The lowest BCUT2D eigenvalue weighted by molar-refractivity contribution is -0.132. The Morgan fingerprint density at radius 1 is 0.879 bits per heavy atom. The molecule has 0 unspecified atom stereocenters. The van der Waals surface area contributed by atoms with Crippen LogP contribution in [0.2, 0.25) is 0 Å². The zero-order chi connectivity index (χ0) is 22.9. The second-order valence-electron chi connectivity index (χ2n) is 8.96. The van der Waals surface area contributed by atoms with Gasteiger partial charge in [-0.05, 0) is 60.4 Å². The molecule has 2 bridgehead atoms. The third-order valence-electron chi connectivity index (χ3n) is 7.58. The van der Waals surface area contributed by atoms with Crippen molar-refractivity contribution in [2.75, 3.05) is 11.5 Å². The summed E-state index contributed by atoms with van der Waals surface area (Å²) in [6.45, 7) is 3.98. The van der Waals surface area contributed by atoms with Gasteiger partial charge in [0.1, 0.15) is 11.5 Å². The first-order chi connectivity index (χ1) is 16.0. The van der Waals surface area contributed by atoms with Gasteiger partial charge in [0, 0.05) is 5.92 Å². The Balaban J connectivity index is 1.58. The number of carbonyl (C=O) groups excluding carboxylic acids is 3. The molecule has 0 aromatic heterocycles. The van der Waals surface area contributed by atoms with Gasteiger partial charge in [0.2, 0.25) is 11.8 Å². The first-order valence-electron chi connectivity index (χ1n) is 11.3. The summed E-state index contributed by atoms with van der Waals surface area (Å²) in [5, 5.41) is 0. The Morgan fingerprint density at radius 3 is 2.00 bits per heavy atom. The lowest BCUT2D eigenvalue weighted by atomic mass is 9.46. The molecule has 1 fully saturated rings. The van der Waals surface area contributed by atoms with Gasteiger partial charge in [-0.3, -0.25) is 14.4 Å². The molecule has 164 valence electrons. The van der Waals surface area contributed by atoms with Crippen molar-refractivity contribution in [1.82, 2.24) is 0 Å². The van der Waals surface area contributed by atoms with Crippen molar-refractivity contribution < 1.29 is 19.1 Å². The fourth-order valence-corrected chi connectivity index (χ4v) is 6.48. The number of Topliss-reactive ketones (excluding diaryl/α,β-unsaturated/α-hetero) is 1. The fourth-order valence-electron chi connectivity index (χ4n) is 6.48. The van der Waals surface area contributed by atoms with Gasteiger partial charge >= 0.3 is 0 Å². The lowest BCUT2D eigenvalue weighted by Gasteiger charge is -2.52. The summed E-state index contributed by atoms with van der Waals surface area (Å²) in [6.07, 6.45) is 0. The molecule has 0 N–H and O–H groups in total. The lowest BCUT2D eigenvalue weighted by Crippen LogP contribution is -2.57. The standard InChI is InChI=1S/C28H23NO4/c1-3-33-18-14-12-17(13-15-18)29-26(31)24-23-19-8-4-6-10-21(19)28(16(2)30,25(24)27(29)32)22-11-7-5-9-20(22)23/h4-15,23-25H,3H2,1-2H3/t23?,24-,25+,28?/m1/s1. The predicted octanol–water partition coefficient (Wildman–Crippen LogP) is 4.23. The van der Waals surface area contributed by atoms with Crippen LogP contribution in [-0.2, 0) is 19.8 Å². The molecule has 1 heterocycles. The van der Waals surface area contributed by atoms with Gasteiger partial charge in [0.05, 0.1) is 29.5 Å². The molecule has 0 radical (unpaired) electrons. The highest BCUT2D eigenvalue weighted by Gasteiger charge is 2.69. The number of amides is 2. The molecule has 1 saturated heterocycles. The van der Waals surface area contributed by atoms with Crippen LogP contribution in [0.5, 0.6) is 5.75 Å². The highest BCUT2D eigenvalue weighted by Crippen LogP contribution is 2.64. The van der Waals surface area contributed by atoms with Crippen molar-refractivity contribution in [1.29, 1.82) is 0 Å². The largest absolute Gasteiger partial charge is 0.494 e. The van der Waals surface area contributed by atoms with E-state index in [1.54, 1.807) is 31.2 Å². The SMILES string of the molecule is CCOc1ccc(N2C(=O)[C@@H]3C4c5ccccc5C(C(C)=O)(c5ccccc54)[C@@H]3C2=O)cc1. The maximum Gasteiger partial charge on any atom is 0.239 e. The molecule has 0 saturated carbocycles. The van der Waals surface area contributed by atoms with Crippen LogP contribution in [0.15, 0.2) is 72.8 Å². The van der Waals surface area contributed by atoms with E-state index in [1.165, 1.54) is 4.90 Å². The minimum absolute atomic E-state index is 0.106. The van der Waals surface area contributed by atoms with Crippen molar-refractivity contribution in [3.05, 3.63) is 95.1 Å². The number of rotatable bonds is 4. The topological polar surface area (TPSA) is 63.7 Å². The number of hydrogen-bond donors (Lipinski definition) is 0. The number of hydrogen-bond acceptors (Lipinski definition) is 4. The van der Waals surface area contributed by atoms with E-state index >= 15 is 0 Å². The highest BCUT2D eigenvalue weighted by molar-refractivity contribution is 6.25. The normalized spacial score (nSPS) is 26.6. The molecule has 1 aliphatic heterocycles. The van der Waals surface area contributed by atoms with Gasteiger partial charge in [-0.15, -0.1) is 0 Å². The maximum absolute atomic E-state index is 14.0. The van der Waals surface area contributed by atoms with Crippen molar-refractivity contribution in [3.8, 4) is 5.75 Å². The molecule has 4 aliphatic rings. The summed E-state index contributed by atoms with van der Waals surface area (Å²) >= 11 is 0. The number of carbonyl (C=O) groups is 3. The Bertz CT molecular complexity index is 1280. The molecule has 2 amide bonds. The Morgan fingerprint density at radius 2 is 1.45 bits per heavy atom. The molecule has 3 aromatic carbocycles. The fraction of sp³-hybridized carbons (Fsp3) is 0.250. The van der Waals surface area contributed by atoms with Crippen LogP contribution >= 0.6 is 0 Å². The van der Waals surface area contributed by atoms with E-state index in [9.17, 15) is 14.4 Å². The van der Waals surface area contributed by atoms with Crippen molar-refractivity contribution in [2.24, 2.45) is 11.8 Å². The summed E-state index contributed by atoms with van der Waals surface area (Å²) in [7, 11) is 0. The van der Waals surface area contributed by atoms with E-state index in [-0.39, 0.29) is 23.5 Å². The van der Waals surface area contributed by atoms with Crippen LogP contribution in [0.25, 0.3) is 0 Å². The van der Waals surface area contributed by atoms with Gasteiger partial charge in [-0.1, -0.05) is 48.5 Å².